The fourth-order valence-electron chi connectivity index (χ4n) is 1.27. The van der Waals surface area contributed by atoms with E-state index in [1.807, 2.05) is 13.8 Å². The molecule has 0 bridgehead atoms. The molecule has 5 heteroatoms. The first-order valence-electron chi connectivity index (χ1n) is 5.20. The van der Waals surface area contributed by atoms with Crippen molar-refractivity contribution in [3.8, 4) is 5.75 Å². The third-order valence-electron chi connectivity index (χ3n) is 2.14. The number of hydrogen-bond acceptors (Lipinski definition) is 3. The van der Waals surface area contributed by atoms with Crippen molar-refractivity contribution in [1.29, 1.82) is 0 Å². The molecular formula is C11H16BFO3. The molecule has 0 radical (unpaired) electrons. The third-order valence-corrected chi connectivity index (χ3v) is 2.14. The van der Waals surface area contributed by atoms with Gasteiger partial charge in [0.1, 0.15) is 11.6 Å². The van der Waals surface area contributed by atoms with Gasteiger partial charge in [-0.1, -0.05) is 19.9 Å². The van der Waals surface area contributed by atoms with E-state index in [-0.39, 0.29) is 17.1 Å². The number of benzene rings is 1. The van der Waals surface area contributed by atoms with Gasteiger partial charge in [0.15, 0.2) is 0 Å². The standard InChI is InChI=1S/C11H16BFO3/c1-7(2)6-16-11-5-10(13)8(3)4-9(11)12(14)15/h4-5,7,14-15H,6H2,1-3H3. The van der Waals surface area contributed by atoms with Crippen molar-refractivity contribution < 1.29 is 19.2 Å². The molecule has 0 aliphatic rings. The van der Waals surface area contributed by atoms with Gasteiger partial charge in [0.05, 0.1) is 6.61 Å². The molecule has 88 valence electrons. The average Bonchev–Trinajstić information content (AvgIpc) is 2.18. The molecule has 0 spiro atoms. The highest BCUT2D eigenvalue weighted by Gasteiger charge is 2.19. The Kier molecular flexibility index (Phi) is 4.32. The molecule has 0 unspecified atom stereocenters. The summed E-state index contributed by atoms with van der Waals surface area (Å²) in [6.45, 7) is 5.88. The second-order valence-electron chi connectivity index (χ2n) is 4.22. The molecule has 1 rings (SSSR count). The van der Waals surface area contributed by atoms with E-state index < -0.39 is 12.9 Å². The minimum absolute atomic E-state index is 0.187. The van der Waals surface area contributed by atoms with Crippen LogP contribution in [-0.2, 0) is 0 Å². The Bertz CT molecular complexity index is 366. The Morgan fingerprint density at radius 2 is 2.00 bits per heavy atom. The summed E-state index contributed by atoms with van der Waals surface area (Å²) in [6.07, 6.45) is 0. The zero-order chi connectivity index (χ0) is 12.3. The molecule has 0 saturated carbocycles. The summed E-state index contributed by atoms with van der Waals surface area (Å²) in [6, 6.07) is 2.57. The maximum Gasteiger partial charge on any atom is 0.492 e. The minimum atomic E-state index is -1.65. The molecular weight excluding hydrogens is 210 g/mol. The van der Waals surface area contributed by atoms with Crippen LogP contribution in [0.3, 0.4) is 0 Å². The number of rotatable bonds is 4. The van der Waals surface area contributed by atoms with Gasteiger partial charge >= 0.3 is 7.12 Å². The third kappa shape index (κ3) is 3.22. The van der Waals surface area contributed by atoms with Gasteiger partial charge in [-0.25, -0.2) is 4.39 Å². The van der Waals surface area contributed by atoms with Crippen LogP contribution >= 0.6 is 0 Å². The highest BCUT2D eigenvalue weighted by molar-refractivity contribution is 6.59. The van der Waals surface area contributed by atoms with E-state index in [0.29, 0.717) is 12.2 Å². The highest BCUT2D eigenvalue weighted by Crippen LogP contribution is 2.15. The number of ether oxygens (including phenoxy) is 1. The Morgan fingerprint density at radius 3 is 2.50 bits per heavy atom. The molecule has 16 heavy (non-hydrogen) atoms. The molecule has 0 saturated heterocycles. The molecule has 3 nitrogen and oxygen atoms in total. The van der Waals surface area contributed by atoms with Crippen LogP contribution in [0.1, 0.15) is 19.4 Å². The second kappa shape index (κ2) is 5.32. The van der Waals surface area contributed by atoms with Crippen LogP contribution in [0.5, 0.6) is 5.75 Å². The van der Waals surface area contributed by atoms with Crippen molar-refractivity contribution in [1.82, 2.24) is 0 Å². The van der Waals surface area contributed by atoms with E-state index in [4.69, 9.17) is 14.8 Å². The lowest BCUT2D eigenvalue weighted by Crippen LogP contribution is -2.32. The van der Waals surface area contributed by atoms with E-state index in [1.54, 1.807) is 6.92 Å². The Hall–Kier alpha value is -1.07. The average molecular weight is 226 g/mol. The number of hydrogen-bond donors (Lipinski definition) is 2. The first-order chi connectivity index (χ1) is 7.41. The van der Waals surface area contributed by atoms with Crippen LogP contribution in [0.25, 0.3) is 0 Å². The van der Waals surface area contributed by atoms with Crippen molar-refractivity contribution >= 4 is 12.6 Å². The minimum Gasteiger partial charge on any atom is -0.494 e. The molecule has 0 aromatic heterocycles. The Labute approximate surface area is 95.0 Å². The van der Waals surface area contributed by atoms with Gasteiger partial charge in [-0.15, -0.1) is 0 Å². The van der Waals surface area contributed by atoms with E-state index >= 15 is 0 Å². The SMILES string of the molecule is Cc1cc(B(O)O)c(OCC(C)C)cc1F. The Balaban J connectivity index is 3.00. The van der Waals surface area contributed by atoms with E-state index in [9.17, 15) is 4.39 Å². The molecule has 0 heterocycles. The van der Waals surface area contributed by atoms with Crippen molar-refractivity contribution in [3.63, 3.8) is 0 Å². The maximum atomic E-state index is 13.3. The van der Waals surface area contributed by atoms with Crippen LogP contribution in [0.2, 0.25) is 0 Å². The molecule has 0 aliphatic carbocycles. The summed E-state index contributed by atoms with van der Waals surface area (Å²) in [7, 11) is -1.65. The maximum absolute atomic E-state index is 13.3. The number of halogens is 1. The number of aryl methyl sites for hydroxylation is 1. The summed E-state index contributed by atoms with van der Waals surface area (Å²) < 4.78 is 18.6. The molecule has 1 aromatic rings. The summed E-state index contributed by atoms with van der Waals surface area (Å²) in [4.78, 5) is 0. The molecule has 0 fully saturated rings. The summed E-state index contributed by atoms with van der Waals surface area (Å²) in [5.41, 5.74) is 0.555. The van der Waals surface area contributed by atoms with Gasteiger partial charge in [-0.3, -0.25) is 0 Å². The van der Waals surface area contributed by atoms with Gasteiger partial charge in [0, 0.05) is 11.5 Å². The molecule has 0 atom stereocenters. The van der Waals surface area contributed by atoms with Gasteiger partial charge < -0.3 is 14.8 Å². The topological polar surface area (TPSA) is 49.7 Å². The molecule has 1 aromatic carbocycles. The first-order valence-corrected chi connectivity index (χ1v) is 5.20. The molecule has 0 amide bonds. The molecule has 0 aliphatic heterocycles. The van der Waals surface area contributed by atoms with E-state index in [1.165, 1.54) is 12.1 Å². The van der Waals surface area contributed by atoms with Crippen molar-refractivity contribution in [2.45, 2.75) is 20.8 Å². The van der Waals surface area contributed by atoms with E-state index in [0.717, 1.165) is 0 Å². The fraction of sp³-hybridized carbons (Fsp3) is 0.455. The van der Waals surface area contributed by atoms with Gasteiger partial charge in [0.25, 0.3) is 0 Å². The van der Waals surface area contributed by atoms with Crippen LogP contribution < -0.4 is 10.2 Å². The van der Waals surface area contributed by atoms with Crippen LogP contribution in [-0.4, -0.2) is 23.8 Å². The Morgan fingerprint density at radius 1 is 1.38 bits per heavy atom. The summed E-state index contributed by atoms with van der Waals surface area (Å²) >= 11 is 0. The van der Waals surface area contributed by atoms with Gasteiger partial charge in [-0.05, 0) is 18.4 Å². The molecule has 2 N–H and O–H groups in total. The van der Waals surface area contributed by atoms with Gasteiger partial charge in [0.2, 0.25) is 0 Å². The van der Waals surface area contributed by atoms with Crippen molar-refractivity contribution in [3.05, 3.63) is 23.5 Å². The lowest BCUT2D eigenvalue weighted by molar-refractivity contribution is 0.270. The zero-order valence-corrected chi connectivity index (χ0v) is 9.70. The quantitative estimate of drug-likeness (QED) is 0.748. The first kappa shape index (κ1) is 13.0. The predicted molar refractivity (Wildman–Crippen MR) is 61.3 cm³/mol. The lowest BCUT2D eigenvalue weighted by atomic mass is 9.78. The fourth-order valence-corrected chi connectivity index (χ4v) is 1.27. The second-order valence-corrected chi connectivity index (χ2v) is 4.22. The monoisotopic (exact) mass is 226 g/mol. The summed E-state index contributed by atoms with van der Waals surface area (Å²) in [5, 5.41) is 18.3. The van der Waals surface area contributed by atoms with Crippen molar-refractivity contribution in [2.75, 3.05) is 6.61 Å². The lowest BCUT2D eigenvalue weighted by Gasteiger charge is -2.14. The summed E-state index contributed by atoms with van der Waals surface area (Å²) in [5.74, 6) is 0.0583. The smallest absolute Gasteiger partial charge is 0.492 e. The van der Waals surface area contributed by atoms with E-state index in [2.05, 4.69) is 0 Å². The van der Waals surface area contributed by atoms with Gasteiger partial charge in [-0.2, -0.15) is 0 Å². The zero-order valence-electron chi connectivity index (χ0n) is 9.70. The highest BCUT2D eigenvalue weighted by atomic mass is 19.1. The van der Waals surface area contributed by atoms with Crippen LogP contribution in [0, 0.1) is 18.7 Å². The predicted octanol–water partition coefficient (Wildman–Crippen LogP) is 0.849. The largest absolute Gasteiger partial charge is 0.494 e. The van der Waals surface area contributed by atoms with Crippen LogP contribution in [0.15, 0.2) is 12.1 Å². The van der Waals surface area contributed by atoms with Crippen molar-refractivity contribution in [2.24, 2.45) is 5.92 Å². The normalized spacial score (nSPS) is 10.7. The van der Waals surface area contributed by atoms with Crippen LogP contribution in [0.4, 0.5) is 4.39 Å².